The van der Waals surface area contributed by atoms with E-state index < -0.39 is 0 Å². The van der Waals surface area contributed by atoms with Gasteiger partial charge in [-0.25, -0.2) is 4.68 Å². The van der Waals surface area contributed by atoms with Gasteiger partial charge < -0.3 is 10.1 Å². The van der Waals surface area contributed by atoms with Crippen LogP contribution in [0.1, 0.15) is 16.8 Å². The van der Waals surface area contributed by atoms with Gasteiger partial charge in [-0.05, 0) is 23.3 Å². The zero-order valence-electron chi connectivity index (χ0n) is 13.6. The van der Waals surface area contributed by atoms with Crippen molar-refractivity contribution < 1.29 is 4.74 Å². The van der Waals surface area contributed by atoms with Gasteiger partial charge in [-0.3, -0.25) is 0 Å². The molecule has 1 aromatic heterocycles. The summed E-state index contributed by atoms with van der Waals surface area (Å²) >= 11 is 0. The van der Waals surface area contributed by atoms with Crippen molar-refractivity contribution in [1.29, 1.82) is 0 Å². The number of nitrogens with one attached hydrogen (secondary N) is 1. The Morgan fingerprint density at radius 1 is 1.00 bits per heavy atom. The molecule has 0 unspecified atom stereocenters. The van der Waals surface area contributed by atoms with Gasteiger partial charge in [0, 0.05) is 13.1 Å². The van der Waals surface area contributed by atoms with Crippen LogP contribution in [0.25, 0.3) is 0 Å². The highest BCUT2D eigenvalue weighted by molar-refractivity contribution is 6.32. The van der Waals surface area contributed by atoms with E-state index in [0.717, 1.165) is 29.0 Å². The Hall–Kier alpha value is -2.60. The largest absolute Gasteiger partial charge is 0.497 e. The average molecular weight is 318 g/mol. The molecule has 120 valence electrons. The highest BCUT2D eigenvalue weighted by Crippen LogP contribution is 2.12. The number of rotatable bonds is 7. The SMILES string of the molecule is [B]c1ccc(CNCc2cn(Cc3ccc(OC)cc3)nn2)cc1. The molecule has 5 nitrogen and oxygen atoms in total. The fraction of sp³-hybridized carbons (Fsp3) is 0.222. The smallest absolute Gasteiger partial charge is 0.118 e. The van der Waals surface area contributed by atoms with Crippen LogP contribution in [0.2, 0.25) is 0 Å². The first-order valence-electron chi connectivity index (χ1n) is 7.80. The second-order valence-electron chi connectivity index (χ2n) is 5.60. The third-order valence-electron chi connectivity index (χ3n) is 3.70. The molecule has 0 atom stereocenters. The van der Waals surface area contributed by atoms with E-state index in [-0.39, 0.29) is 0 Å². The predicted molar refractivity (Wildman–Crippen MR) is 94.5 cm³/mol. The lowest BCUT2D eigenvalue weighted by atomic mass is 9.95. The molecule has 1 N–H and O–H groups in total. The Morgan fingerprint density at radius 3 is 2.42 bits per heavy atom. The van der Waals surface area contributed by atoms with Crippen LogP contribution in [-0.4, -0.2) is 29.9 Å². The molecule has 0 fully saturated rings. The number of nitrogens with zero attached hydrogens (tertiary/aromatic N) is 3. The maximum absolute atomic E-state index is 5.68. The summed E-state index contributed by atoms with van der Waals surface area (Å²) in [4.78, 5) is 0. The molecule has 0 aliphatic rings. The molecule has 2 aromatic carbocycles. The van der Waals surface area contributed by atoms with E-state index in [2.05, 4.69) is 15.6 Å². The standard InChI is InChI=1S/C18H19BN4O/c1-24-18-8-4-15(5-9-18)12-23-13-17(21-22-23)11-20-10-14-2-6-16(19)7-3-14/h2-9,13,20H,10-12H2,1H3. The Bertz CT molecular complexity index is 768. The first-order valence-corrected chi connectivity index (χ1v) is 7.80. The number of hydrogen-bond acceptors (Lipinski definition) is 4. The van der Waals surface area contributed by atoms with E-state index in [0.29, 0.717) is 13.1 Å². The van der Waals surface area contributed by atoms with E-state index in [1.54, 1.807) is 7.11 Å². The summed E-state index contributed by atoms with van der Waals surface area (Å²) < 4.78 is 7.00. The summed E-state index contributed by atoms with van der Waals surface area (Å²) in [7, 11) is 7.34. The minimum Gasteiger partial charge on any atom is -0.497 e. The third kappa shape index (κ3) is 4.46. The van der Waals surface area contributed by atoms with E-state index in [4.69, 9.17) is 12.6 Å². The number of aromatic nitrogens is 3. The Balaban J connectivity index is 1.50. The minimum absolute atomic E-state index is 0.674. The van der Waals surface area contributed by atoms with Gasteiger partial charge in [0.25, 0.3) is 0 Å². The lowest BCUT2D eigenvalue weighted by molar-refractivity contribution is 0.414. The molecule has 0 spiro atoms. The van der Waals surface area contributed by atoms with Crippen LogP contribution >= 0.6 is 0 Å². The second-order valence-corrected chi connectivity index (χ2v) is 5.60. The first-order chi connectivity index (χ1) is 11.7. The van der Waals surface area contributed by atoms with Gasteiger partial charge in [0.1, 0.15) is 13.6 Å². The molecule has 3 rings (SSSR count). The number of ether oxygens (including phenoxy) is 1. The fourth-order valence-corrected chi connectivity index (χ4v) is 2.39. The van der Waals surface area contributed by atoms with E-state index >= 15 is 0 Å². The van der Waals surface area contributed by atoms with Crippen molar-refractivity contribution in [2.24, 2.45) is 0 Å². The molecule has 0 bridgehead atoms. The van der Waals surface area contributed by atoms with Gasteiger partial charge in [0.05, 0.1) is 25.5 Å². The van der Waals surface area contributed by atoms with Gasteiger partial charge >= 0.3 is 0 Å². The molecule has 0 amide bonds. The molecule has 0 saturated carbocycles. The maximum Gasteiger partial charge on any atom is 0.118 e. The lowest BCUT2D eigenvalue weighted by Crippen LogP contribution is -2.13. The molecular weight excluding hydrogens is 299 g/mol. The zero-order chi connectivity index (χ0) is 16.8. The fourth-order valence-electron chi connectivity index (χ4n) is 2.39. The van der Waals surface area contributed by atoms with Crippen LogP contribution in [0.5, 0.6) is 5.75 Å². The van der Waals surface area contributed by atoms with Gasteiger partial charge in [0.15, 0.2) is 0 Å². The quantitative estimate of drug-likeness (QED) is 0.670. The third-order valence-corrected chi connectivity index (χ3v) is 3.70. The van der Waals surface area contributed by atoms with Gasteiger partial charge in [-0.15, -0.1) is 5.10 Å². The first kappa shape index (κ1) is 16.3. The highest BCUT2D eigenvalue weighted by atomic mass is 16.5. The van der Waals surface area contributed by atoms with Crippen molar-refractivity contribution in [3.63, 3.8) is 0 Å². The zero-order valence-corrected chi connectivity index (χ0v) is 13.6. The number of methoxy groups -OCH3 is 1. The lowest BCUT2D eigenvalue weighted by Gasteiger charge is -2.04. The Kier molecular flexibility index (Phi) is 5.28. The molecule has 0 aliphatic heterocycles. The summed E-state index contributed by atoms with van der Waals surface area (Å²) in [6.45, 7) is 2.13. The van der Waals surface area contributed by atoms with Crippen molar-refractivity contribution in [2.45, 2.75) is 19.6 Å². The molecule has 1 heterocycles. The second kappa shape index (κ2) is 7.79. The topological polar surface area (TPSA) is 52.0 Å². The summed E-state index contributed by atoms with van der Waals surface area (Å²) in [6.07, 6.45) is 1.96. The monoisotopic (exact) mass is 318 g/mol. The Morgan fingerprint density at radius 2 is 1.71 bits per heavy atom. The molecule has 0 aliphatic carbocycles. The molecule has 24 heavy (non-hydrogen) atoms. The molecule has 2 radical (unpaired) electrons. The van der Waals surface area contributed by atoms with Crippen LogP contribution in [-0.2, 0) is 19.6 Å². The minimum atomic E-state index is 0.674. The van der Waals surface area contributed by atoms with Crippen LogP contribution in [0.15, 0.2) is 54.7 Å². The van der Waals surface area contributed by atoms with Gasteiger partial charge in [-0.2, -0.15) is 0 Å². The molecule has 3 aromatic rings. The predicted octanol–water partition coefficient (Wildman–Crippen LogP) is 1.42. The van der Waals surface area contributed by atoms with Crippen LogP contribution in [0.3, 0.4) is 0 Å². The van der Waals surface area contributed by atoms with Crippen molar-refractivity contribution >= 4 is 13.3 Å². The van der Waals surface area contributed by atoms with Crippen LogP contribution in [0, 0.1) is 0 Å². The van der Waals surface area contributed by atoms with Crippen molar-refractivity contribution in [3.05, 3.63) is 71.5 Å². The molecule has 0 saturated heterocycles. The molecular formula is C18H19BN4O. The summed E-state index contributed by atoms with van der Waals surface area (Å²) in [5.74, 6) is 0.852. The summed E-state index contributed by atoms with van der Waals surface area (Å²) in [5, 5.41) is 11.7. The van der Waals surface area contributed by atoms with E-state index in [1.807, 2.05) is 59.4 Å². The van der Waals surface area contributed by atoms with Gasteiger partial charge in [0.2, 0.25) is 0 Å². The van der Waals surface area contributed by atoms with Crippen molar-refractivity contribution in [2.75, 3.05) is 7.11 Å². The number of hydrogen-bond donors (Lipinski definition) is 1. The average Bonchev–Trinajstić information content (AvgIpc) is 3.05. The van der Waals surface area contributed by atoms with E-state index in [9.17, 15) is 0 Å². The molecule has 6 heteroatoms. The Labute approximate surface area is 143 Å². The van der Waals surface area contributed by atoms with Crippen LogP contribution in [0.4, 0.5) is 0 Å². The normalized spacial score (nSPS) is 10.7. The van der Waals surface area contributed by atoms with Gasteiger partial charge in [-0.1, -0.05) is 47.1 Å². The van der Waals surface area contributed by atoms with Crippen molar-refractivity contribution in [1.82, 2.24) is 20.3 Å². The van der Waals surface area contributed by atoms with E-state index in [1.165, 1.54) is 5.56 Å². The van der Waals surface area contributed by atoms with Crippen LogP contribution < -0.4 is 15.5 Å². The summed E-state index contributed by atoms with van der Waals surface area (Å²) in [6, 6.07) is 15.8. The highest BCUT2D eigenvalue weighted by Gasteiger charge is 2.02. The van der Waals surface area contributed by atoms with Crippen molar-refractivity contribution in [3.8, 4) is 5.75 Å². The summed E-state index contributed by atoms with van der Waals surface area (Å²) in [5.41, 5.74) is 4.04. The number of benzene rings is 2. The maximum atomic E-state index is 5.68.